The van der Waals surface area contributed by atoms with Crippen molar-refractivity contribution in [2.24, 2.45) is 0 Å². The van der Waals surface area contributed by atoms with Crippen LogP contribution in [0.1, 0.15) is 69.4 Å². The molecule has 1 aromatic carbocycles. The first-order valence-corrected chi connectivity index (χ1v) is 8.22. The van der Waals surface area contributed by atoms with Gasteiger partial charge in [0.15, 0.2) is 0 Å². The molecule has 21 heavy (non-hydrogen) atoms. The van der Waals surface area contributed by atoms with Crippen molar-refractivity contribution in [3.05, 3.63) is 34.9 Å². The van der Waals surface area contributed by atoms with Crippen molar-refractivity contribution >= 4 is 0 Å². The third kappa shape index (κ3) is 4.03. The van der Waals surface area contributed by atoms with Crippen molar-refractivity contribution in [1.82, 2.24) is 0 Å². The molecule has 0 aromatic heterocycles. The number of phenolic OH excluding ortho intramolecular Hbond substituents is 1. The number of methoxy groups -OCH3 is 1. The van der Waals surface area contributed by atoms with Crippen molar-refractivity contribution in [3.8, 4) is 11.5 Å². The van der Waals surface area contributed by atoms with Crippen molar-refractivity contribution in [2.75, 3.05) is 7.11 Å². The van der Waals surface area contributed by atoms with Crippen LogP contribution in [-0.2, 0) is 6.42 Å². The van der Waals surface area contributed by atoms with E-state index in [0.29, 0.717) is 11.7 Å². The molecule has 2 heteroatoms. The maximum Gasteiger partial charge on any atom is 0.126 e. The summed E-state index contributed by atoms with van der Waals surface area (Å²) < 4.78 is 5.57. The number of aromatic hydroxyl groups is 1. The van der Waals surface area contributed by atoms with Crippen LogP contribution in [0.25, 0.3) is 0 Å². The Kier molecular flexibility index (Phi) is 5.72. The maximum absolute atomic E-state index is 10.5. The standard InChI is InChI=1S/C19H28O2/c1-4-5-6-9-15-12-17(20)19(18(13-15)21-3)16-10-7-8-14(2)11-16/h11-13,16,20H,4-10H2,1-3H3. The van der Waals surface area contributed by atoms with Crippen molar-refractivity contribution < 1.29 is 9.84 Å². The highest BCUT2D eigenvalue weighted by atomic mass is 16.5. The second-order valence-corrected chi connectivity index (χ2v) is 6.20. The van der Waals surface area contributed by atoms with E-state index < -0.39 is 0 Å². The predicted molar refractivity (Wildman–Crippen MR) is 88.2 cm³/mol. The van der Waals surface area contributed by atoms with Crippen LogP contribution >= 0.6 is 0 Å². The molecule has 0 radical (unpaired) electrons. The number of rotatable bonds is 6. The van der Waals surface area contributed by atoms with Gasteiger partial charge in [-0.25, -0.2) is 0 Å². The van der Waals surface area contributed by atoms with E-state index >= 15 is 0 Å². The monoisotopic (exact) mass is 288 g/mol. The molecular formula is C19H28O2. The van der Waals surface area contributed by atoms with Crippen LogP contribution in [0.4, 0.5) is 0 Å². The van der Waals surface area contributed by atoms with Crippen LogP contribution in [0, 0.1) is 0 Å². The summed E-state index contributed by atoms with van der Waals surface area (Å²) >= 11 is 0. The molecule has 0 spiro atoms. The molecule has 0 fully saturated rings. The summed E-state index contributed by atoms with van der Waals surface area (Å²) in [5, 5.41) is 10.5. The van der Waals surface area contributed by atoms with Crippen LogP contribution in [0.15, 0.2) is 23.8 Å². The smallest absolute Gasteiger partial charge is 0.126 e. The number of hydrogen-bond donors (Lipinski definition) is 1. The van der Waals surface area contributed by atoms with Crippen LogP contribution < -0.4 is 4.74 Å². The zero-order valence-electron chi connectivity index (χ0n) is 13.6. The Balaban J connectivity index is 2.27. The maximum atomic E-state index is 10.5. The fourth-order valence-electron chi connectivity index (χ4n) is 3.27. The summed E-state index contributed by atoms with van der Waals surface area (Å²) in [4.78, 5) is 0. The van der Waals surface area contributed by atoms with Crippen LogP contribution in [-0.4, -0.2) is 12.2 Å². The number of phenols is 1. The summed E-state index contributed by atoms with van der Waals surface area (Å²) in [6.45, 7) is 4.38. The predicted octanol–water partition coefficient (Wildman–Crippen LogP) is 5.35. The minimum Gasteiger partial charge on any atom is -0.507 e. The van der Waals surface area contributed by atoms with E-state index in [1.54, 1.807) is 7.11 Å². The summed E-state index contributed by atoms with van der Waals surface area (Å²) in [7, 11) is 1.70. The molecule has 2 nitrogen and oxygen atoms in total. The van der Waals surface area contributed by atoms with Gasteiger partial charge in [-0.05, 0) is 56.7 Å². The van der Waals surface area contributed by atoms with Crippen molar-refractivity contribution in [3.63, 3.8) is 0 Å². The number of hydrogen-bond acceptors (Lipinski definition) is 2. The Morgan fingerprint density at radius 2 is 2.10 bits per heavy atom. The quantitative estimate of drug-likeness (QED) is 0.565. The number of ether oxygens (including phenoxy) is 1. The zero-order valence-corrected chi connectivity index (χ0v) is 13.6. The van der Waals surface area contributed by atoms with Crippen LogP contribution in [0.3, 0.4) is 0 Å². The Hall–Kier alpha value is -1.44. The highest BCUT2D eigenvalue weighted by Crippen LogP contribution is 2.41. The molecule has 0 heterocycles. The Bertz CT molecular complexity index is 503. The molecule has 0 amide bonds. The number of aryl methyl sites for hydroxylation is 1. The zero-order chi connectivity index (χ0) is 15.2. The molecule has 1 aliphatic rings. The molecule has 1 N–H and O–H groups in total. The van der Waals surface area contributed by atoms with Gasteiger partial charge in [-0.3, -0.25) is 0 Å². The van der Waals surface area contributed by atoms with Gasteiger partial charge in [0, 0.05) is 11.5 Å². The number of benzene rings is 1. The third-order valence-electron chi connectivity index (χ3n) is 4.41. The van der Waals surface area contributed by atoms with E-state index in [0.717, 1.165) is 24.2 Å². The van der Waals surface area contributed by atoms with Crippen LogP contribution in [0.2, 0.25) is 0 Å². The van der Waals surface area contributed by atoms with Gasteiger partial charge in [-0.1, -0.05) is 31.4 Å². The average molecular weight is 288 g/mol. The summed E-state index contributed by atoms with van der Waals surface area (Å²) in [6.07, 6.45) is 10.4. The number of allylic oxidation sites excluding steroid dienone is 2. The fraction of sp³-hybridized carbons (Fsp3) is 0.579. The lowest BCUT2D eigenvalue weighted by atomic mass is 9.84. The van der Waals surface area contributed by atoms with E-state index in [1.807, 2.05) is 6.07 Å². The Morgan fingerprint density at radius 3 is 2.76 bits per heavy atom. The molecule has 2 rings (SSSR count). The molecule has 1 unspecified atom stereocenters. The minimum atomic E-state index is 0.290. The fourth-order valence-corrected chi connectivity index (χ4v) is 3.27. The first kappa shape index (κ1) is 15.9. The number of unbranched alkanes of at least 4 members (excludes halogenated alkanes) is 2. The van der Waals surface area contributed by atoms with Gasteiger partial charge >= 0.3 is 0 Å². The minimum absolute atomic E-state index is 0.290. The topological polar surface area (TPSA) is 29.5 Å². The van der Waals surface area contributed by atoms with Gasteiger partial charge in [0.1, 0.15) is 11.5 Å². The molecule has 1 aliphatic carbocycles. The van der Waals surface area contributed by atoms with Crippen molar-refractivity contribution in [2.45, 2.75) is 64.7 Å². The lowest BCUT2D eigenvalue weighted by Gasteiger charge is -2.23. The van der Waals surface area contributed by atoms with Crippen LogP contribution in [0.5, 0.6) is 11.5 Å². The highest BCUT2D eigenvalue weighted by Gasteiger charge is 2.21. The molecule has 0 saturated carbocycles. The Morgan fingerprint density at radius 1 is 1.29 bits per heavy atom. The van der Waals surface area contributed by atoms with E-state index in [1.165, 1.54) is 43.2 Å². The lowest BCUT2D eigenvalue weighted by Crippen LogP contribution is -2.05. The second kappa shape index (κ2) is 7.53. The summed E-state index contributed by atoms with van der Waals surface area (Å²) in [5.74, 6) is 1.53. The van der Waals surface area contributed by atoms with Gasteiger partial charge < -0.3 is 9.84 Å². The molecule has 0 aliphatic heterocycles. The third-order valence-corrected chi connectivity index (χ3v) is 4.41. The first-order valence-electron chi connectivity index (χ1n) is 8.22. The normalized spacial score (nSPS) is 18.4. The summed E-state index contributed by atoms with van der Waals surface area (Å²) in [5.41, 5.74) is 3.56. The van der Waals surface area contributed by atoms with E-state index in [9.17, 15) is 5.11 Å². The van der Waals surface area contributed by atoms with Gasteiger partial charge in [0.25, 0.3) is 0 Å². The molecule has 1 atom stereocenters. The van der Waals surface area contributed by atoms with E-state index in [4.69, 9.17) is 4.74 Å². The van der Waals surface area contributed by atoms with Gasteiger partial charge in [-0.2, -0.15) is 0 Å². The van der Waals surface area contributed by atoms with Crippen molar-refractivity contribution in [1.29, 1.82) is 0 Å². The first-order chi connectivity index (χ1) is 10.2. The second-order valence-electron chi connectivity index (χ2n) is 6.20. The molecule has 116 valence electrons. The average Bonchev–Trinajstić information content (AvgIpc) is 2.46. The van der Waals surface area contributed by atoms with Gasteiger partial charge in [-0.15, -0.1) is 0 Å². The molecule has 0 saturated heterocycles. The molecule has 1 aromatic rings. The molecule has 0 bridgehead atoms. The summed E-state index contributed by atoms with van der Waals surface area (Å²) in [6, 6.07) is 4.05. The largest absolute Gasteiger partial charge is 0.507 e. The van der Waals surface area contributed by atoms with Gasteiger partial charge in [0.05, 0.1) is 7.11 Å². The Labute approximate surface area is 128 Å². The SMILES string of the molecule is CCCCCc1cc(O)c(C2C=C(C)CCC2)c(OC)c1. The van der Waals surface area contributed by atoms with Gasteiger partial charge in [0.2, 0.25) is 0 Å². The lowest BCUT2D eigenvalue weighted by molar-refractivity contribution is 0.393. The van der Waals surface area contributed by atoms with E-state index in [-0.39, 0.29) is 0 Å². The highest BCUT2D eigenvalue weighted by molar-refractivity contribution is 5.51. The van der Waals surface area contributed by atoms with E-state index in [2.05, 4.69) is 26.0 Å². The molecular weight excluding hydrogens is 260 g/mol.